The summed E-state index contributed by atoms with van der Waals surface area (Å²) in [6, 6.07) is 3.94. The Morgan fingerprint density at radius 1 is 0.615 bits per heavy atom. The zero-order chi connectivity index (χ0) is 25.7. The van der Waals surface area contributed by atoms with E-state index in [1.165, 1.54) is 36.8 Å². The Labute approximate surface area is 204 Å². The van der Waals surface area contributed by atoms with Gasteiger partial charge in [-0.2, -0.15) is 36.3 Å². The van der Waals surface area contributed by atoms with Crippen LogP contribution in [0.3, 0.4) is 0 Å². The maximum absolute atomic E-state index is 10.3. The Morgan fingerprint density at radius 3 is 1.41 bits per heavy atom. The number of pyridine rings is 3. The molecule has 4 heterocycles. The first-order valence-electron chi connectivity index (χ1n) is 9.99. The number of hydrogen-bond acceptors (Lipinski definition) is 14. The molecule has 0 aliphatic heterocycles. The van der Waals surface area contributed by atoms with Crippen molar-refractivity contribution >= 4 is 23.5 Å². The predicted octanol–water partition coefficient (Wildman–Crippen LogP) is 2.76. The maximum atomic E-state index is 10.3. The smallest absolute Gasteiger partial charge is 0.233 e. The van der Waals surface area contributed by atoms with Crippen LogP contribution in [0.25, 0.3) is 0 Å². The second-order valence-electron chi connectivity index (χ2n) is 6.97. The van der Waals surface area contributed by atoms with Gasteiger partial charge in [0, 0.05) is 18.2 Å². The molecule has 0 unspecified atom stereocenters. The summed E-state index contributed by atoms with van der Waals surface area (Å²) in [6.07, 6.45) is 4.03. The fraction of sp³-hybridized carbons (Fsp3) is 0.0455. The van der Waals surface area contributed by atoms with E-state index in [2.05, 4.69) is 61.9 Å². The van der Waals surface area contributed by atoms with Crippen LogP contribution < -0.4 is 24.8 Å². The molecule has 0 aromatic carbocycles. The molecule has 0 saturated carbocycles. The summed E-state index contributed by atoms with van der Waals surface area (Å²) in [4.78, 5) is 25.1. The average Bonchev–Trinajstić information content (AvgIpc) is 2.87. The Hall–Kier alpha value is -8.14. The van der Waals surface area contributed by atoms with Gasteiger partial charge in [0.05, 0.1) is 30.7 Å². The molecule has 192 valence electrons. The summed E-state index contributed by atoms with van der Waals surface area (Å²) in [5.41, 5.74) is 0.245. The Balaban J connectivity index is 0.00000253. The second-order valence-corrected chi connectivity index (χ2v) is 6.97. The monoisotopic (exact) mass is 1290 g/mol. The van der Waals surface area contributed by atoms with Gasteiger partial charge in [-0.3, -0.25) is 4.98 Å². The molecule has 14 nitrogen and oxygen atoms in total. The molecular formula is C22H19N8O6Rf3-3. The minimum Gasteiger partial charge on any atom is -0.664 e. The standard InChI is InChI=1S/C22H19N8O6.3Rf/c1-34-11-4-15(31)14(23-8-11)7-18-26-21(28-19-16(32)5-12(35-2)9-24-19)30-22(27-18)29-20-17(33)6-13(36-3)10-25-20;;;/h4-6,8-10,31-33H,1-3,7H2,(H2,24,25,26,27,28,29,30);;;/q-3;;;. The van der Waals surface area contributed by atoms with Gasteiger partial charge in [0.1, 0.15) is 28.8 Å². The van der Waals surface area contributed by atoms with Crippen LogP contribution in [-0.2, 0) is 6.42 Å². The van der Waals surface area contributed by atoms with E-state index in [4.69, 9.17) is 14.2 Å². The maximum Gasteiger partial charge on any atom is 0.233 e. The fourth-order valence-electron chi connectivity index (χ4n) is 2.87. The Bertz CT molecular complexity index is 1220. The van der Waals surface area contributed by atoms with Crippen LogP contribution in [0, 0.1) is 21.3 Å². The van der Waals surface area contributed by atoms with Crippen LogP contribution in [0.4, 0.5) is 23.5 Å². The van der Waals surface area contributed by atoms with Crippen molar-refractivity contribution in [1.82, 2.24) is 29.9 Å². The Kier molecular flexibility index (Phi) is 8.76. The zero-order valence-corrected chi connectivity index (χ0v) is 39.9. The number of aromatic hydroxyl groups is 3. The molecule has 0 aliphatic carbocycles. The number of ether oxygens (including phenoxy) is 3. The van der Waals surface area contributed by atoms with Crippen LogP contribution in [0.5, 0.6) is 34.5 Å². The van der Waals surface area contributed by atoms with Crippen molar-refractivity contribution in [3.8, 4) is 34.5 Å². The van der Waals surface area contributed by atoms with Crippen molar-refractivity contribution in [3.05, 3.63) is 69.6 Å². The van der Waals surface area contributed by atoms with Gasteiger partial charge in [-0.1, -0.05) is 0 Å². The van der Waals surface area contributed by atoms with E-state index in [0.717, 1.165) is 0 Å². The van der Waals surface area contributed by atoms with E-state index in [1.807, 2.05) is 0 Å². The van der Waals surface area contributed by atoms with Crippen molar-refractivity contribution < 1.29 is 29.5 Å². The van der Waals surface area contributed by atoms with Gasteiger partial charge in [0.15, 0.2) is 23.1 Å². The zero-order valence-electron chi connectivity index (χ0n) is 20.7. The molecule has 39 heavy (non-hydrogen) atoms. The molecule has 0 fully saturated rings. The third kappa shape index (κ3) is 6.26. The third-order valence-corrected chi connectivity index (χ3v) is 4.57. The van der Waals surface area contributed by atoms with E-state index < -0.39 is 0 Å². The topological polar surface area (TPSA) is 190 Å². The molecule has 0 amide bonds. The Morgan fingerprint density at radius 2 is 1.03 bits per heavy atom. The van der Waals surface area contributed by atoms with Crippen molar-refractivity contribution in [1.29, 1.82) is 0 Å². The van der Waals surface area contributed by atoms with Gasteiger partial charge < -0.3 is 40.2 Å². The van der Waals surface area contributed by atoms with Gasteiger partial charge >= 0.3 is 0 Å². The summed E-state index contributed by atoms with van der Waals surface area (Å²) in [5.74, 6) is 0.243. The minimum atomic E-state index is -0.251. The second kappa shape index (κ2) is 11.8. The van der Waals surface area contributed by atoms with E-state index in [9.17, 15) is 15.3 Å². The van der Waals surface area contributed by atoms with E-state index in [1.54, 1.807) is 0 Å². The van der Waals surface area contributed by atoms with Gasteiger partial charge in [-0.25, -0.2) is 9.97 Å². The van der Waals surface area contributed by atoms with Crippen molar-refractivity contribution in [2.75, 3.05) is 10.6 Å². The molecule has 4 aromatic rings. The molecule has 17 heteroatoms. The average molecular weight is 1290 g/mol. The van der Waals surface area contributed by atoms with Crippen LogP contribution in [0.2, 0.25) is 0 Å². The molecule has 5 N–H and O–H groups in total. The number of anilines is 4. The minimum absolute atomic E-state index is 0. The van der Waals surface area contributed by atoms with Crippen LogP contribution in [-0.4, -0.2) is 45.2 Å². The van der Waals surface area contributed by atoms with Gasteiger partial charge in [0.2, 0.25) is 11.9 Å². The van der Waals surface area contributed by atoms with Gasteiger partial charge in [0.25, 0.3) is 0 Å². The number of hydrogen-bond donors (Lipinski definition) is 5. The number of rotatable bonds is 9. The summed E-state index contributed by atoms with van der Waals surface area (Å²) in [6.45, 7) is 0. The molecular weight excluding hydrogens is 1270 g/mol. The van der Waals surface area contributed by atoms with Crippen molar-refractivity contribution in [2.45, 2.75) is 6.42 Å². The van der Waals surface area contributed by atoms with Crippen LogP contribution in [0.1, 0.15) is 11.5 Å². The molecule has 0 bridgehead atoms. The van der Waals surface area contributed by atoms with Crippen molar-refractivity contribution in [2.24, 2.45) is 0 Å². The predicted molar refractivity (Wildman–Crippen MR) is 125 cm³/mol. The summed E-state index contributed by atoms with van der Waals surface area (Å²) in [7, 11) is 9.80. The SMILES string of the molecule is [CH2-]Oc1cnc(Cc2nc(Nc3ncc(O[CH2-])cc3O)nc(Nc3ncc(O[CH2-])cc3O)n2)c(O)c1.[Rf].[Rf].[Rf]. The molecule has 0 saturated heterocycles. The first-order chi connectivity index (χ1) is 17.4. The molecule has 0 aliphatic rings. The van der Waals surface area contributed by atoms with Gasteiger partial charge in [-0.05, 0) is 0 Å². The molecule has 0 spiro atoms. The summed E-state index contributed by atoms with van der Waals surface area (Å²) in [5, 5.41) is 36.3. The first kappa shape index (κ1) is 28.9. The number of nitrogens with one attached hydrogen (secondary N) is 2. The molecule has 0 radical (unpaired) electrons. The first-order valence-corrected chi connectivity index (χ1v) is 9.99. The van der Waals surface area contributed by atoms with Crippen molar-refractivity contribution in [3.63, 3.8) is 0 Å². The normalized spacial score (nSPS) is 9.72. The molecule has 4 rings (SSSR count). The van der Waals surface area contributed by atoms with E-state index in [0.29, 0.717) is 0 Å². The quantitative estimate of drug-likeness (QED) is 0.154. The summed E-state index contributed by atoms with van der Waals surface area (Å²) < 4.78 is 14.4. The number of aromatic nitrogens is 6. The molecule has 4 aromatic heterocycles. The van der Waals surface area contributed by atoms with E-state index in [-0.39, 0.29) is 76.0 Å². The largest absolute Gasteiger partial charge is 0.664 e. The fourth-order valence-corrected chi connectivity index (χ4v) is 2.87. The third-order valence-electron chi connectivity index (χ3n) is 4.57. The van der Waals surface area contributed by atoms with Gasteiger partial charge in [-0.15, -0.1) is 0 Å². The van der Waals surface area contributed by atoms with Crippen LogP contribution in [0.15, 0.2) is 36.8 Å². The molecule has 0 atom stereocenters. The van der Waals surface area contributed by atoms with Crippen LogP contribution >= 0.6 is 0 Å². The summed E-state index contributed by atoms with van der Waals surface area (Å²) >= 11 is 0. The number of nitrogens with zero attached hydrogens (tertiary/aromatic N) is 6. The van der Waals surface area contributed by atoms with E-state index >= 15 is 0 Å².